The number of rotatable bonds is 8. The van der Waals surface area contributed by atoms with E-state index in [1.54, 1.807) is 24.3 Å². The van der Waals surface area contributed by atoms with E-state index < -0.39 is 16.0 Å². The molecule has 0 aliphatic carbocycles. The van der Waals surface area contributed by atoms with E-state index in [4.69, 9.17) is 0 Å². The number of nitrogens with zero attached hydrogens (tertiary/aromatic N) is 1. The summed E-state index contributed by atoms with van der Waals surface area (Å²) in [7, 11) is -1.20. The van der Waals surface area contributed by atoms with Crippen LogP contribution in [0.3, 0.4) is 0 Å². The molecule has 1 heterocycles. The zero-order valence-corrected chi connectivity index (χ0v) is 19.6. The quantitative estimate of drug-likeness (QED) is 0.623. The van der Waals surface area contributed by atoms with Gasteiger partial charge in [0.1, 0.15) is 11.6 Å². The van der Waals surface area contributed by atoms with Gasteiger partial charge in [0.25, 0.3) is 0 Å². The van der Waals surface area contributed by atoms with Crippen LogP contribution in [0.25, 0.3) is 0 Å². The molecule has 2 aromatic carbocycles. The molecule has 1 fully saturated rings. The first-order valence-electron chi connectivity index (χ1n) is 11.1. The number of piperidine rings is 1. The molecule has 1 aliphatic rings. The number of benzene rings is 2. The predicted octanol–water partition coefficient (Wildman–Crippen LogP) is 4.90. The highest BCUT2D eigenvalue weighted by Gasteiger charge is 2.24. The first-order valence-corrected chi connectivity index (χ1v) is 12.4. The smallest absolute Gasteiger partial charge is 0.123 e. The fourth-order valence-electron chi connectivity index (χ4n) is 3.92. The minimum absolute atomic E-state index is 0.282. The summed E-state index contributed by atoms with van der Waals surface area (Å²) in [4.78, 5) is 2.37. The van der Waals surface area contributed by atoms with Gasteiger partial charge >= 0.3 is 0 Å². The molecule has 0 bridgehead atoms. The van der Waals surface area contributed by atoms with Crippen LogP contribution in [0.4, 0.5) is 8.78 Å². The van der Waals surface area contributed by atoms with Gasteiger partial charge in [-0.3, -0.25) is 4.21 Å². The third-order valence-corrected chi connectivity index (χ3v) is 7.38. The summed E-state index contributed by atoms with van der Waals surface area (Å²) in [6, 6.07) is 12.8. The van der Waals surface area contributed by atoms with E-state index in [-0.39, 0.29) is 17.0 Å². The van der Waals surface area contributed by atoms with Gasteiger partial charge in [0.15, 0.2) is 0 Å². The van der Waals surface area contributed by atoms with Gasteiger partial charge in [-0.25, -0.2) is 8.78 Å². The number of hydrogen-bond donors (Lipinski definition) is 1. The lowest BCUT2D eigenvalue weighted by molar-refractivity contribution is 0.198. The van der Waals surface area contributed by atoms with Crippen LogP contribution in [0.2, 0.25) is 0 Å². The molecular formula is C25H34F2N2OS. The highest BCUT2D eigenvalue weighted by Crippen LogP contribution is 2.29. The third-order valence-electron chi connectivity index (χ3n) is 5.73. The van der Waals surface area contributed by atoms with Crippen molar-refractivity contribution in [2.75, 3.05) is 31.9 Å². The van der Waals surface area contributed by atoms with Crippen LogP contribution in [-0.2, 0) is 10.8 Å². The van der Waals surface area contributed by atoms with Gasteiger partial charge in [-0.05, 0) is 66.7 Å². The largest absolute Gasteiger partial charge is 0.313 e. The van der Waals surface area contributed by atoms with Crippen LogP contribution >= 0.6 is 0 Å². The van der Waals surface area contributed by atoms with E-state index in [0.717, 1.165) is 50.1 Å². The number of nitrogens with one attached hydrogen (secondary N) is 1. The van der Waals surface area contributed by atoms with E-state index in [0.29, 0.717) is 11.8 Å². The van der Waals surface area contributed by atoms with Crippen LogP contribution in [0, 0.1) is 17.0 Å². The second-order valence-corrected chi connectivity index (χ2v) is 11.3. The Bertz CT molecular complexity index is 796. The summed E-state index contributed by atoms with van der Waals surface area (Å²) in [6.07, 6.45) is 2.20. The Morgan fingerprint density at radius 1 is 0.968 bits per heavy atom. The first-order chi connectivity index (χ1) is 14.7. The van der Waals surface area contributed by atoms with Crippen LogP contribution < -0.4 is 5.32 Å². The Morgan fingerprint density at radius 3 is 1.90 bits per heavy atom. The lowest BCUT2D eigenvalue weighted by Crippen LogP contribution is -2.45. The number of hydrogen-bond acceptors (Lipinski definition) is 3. The molecule has 2 aromatic rings. The maximum atomic E-state index is 13.4. The molecule has 1 atom stereocenters. The molecule has 1 unspecified atom stereocenters. The molecule has 0 aromatic heterocycles. The molecule has 31 heavy (non-hydrogen) atoms. The molecule has 1 N–H and O–H groups in total. The zero-order chi connectivity index (χ0) is 22.4. The van der Waals surface area contributed by atoms with Gasteiger partial charge in [0, 0.05) is 35.7 Å². The zero-order valence-electron chi connectivity index (χ0n) is 18.7. The van der Waals surface area contributed by atoms with E-state index in [9.17, 15) is 13.0 Å². The molecule has 6 heteroatoms. The molecule has 0 spiro atoms. The third kappa shape index (κ3) is 7.48. The maximum Gasteiger partial charge on any atom is 0.123 e. The SMILES string of the molecule is CC(C)(C)CNC1CCN(CCS(=O)C(c2ccc(F)cc2)c2ccc(F)cc2)CC1. The van der Waals surface area contributed by atoms with Gasteiger partial charge in [-0.15, -0.1) is 0 Å². The van der Waals surface area contributed by atoms with Crippen molar-refractivity contribution < 1.29 is 13.0 Å². The van der Waals surface area contributed by atoms with E-state index in [1.165, 1.54) is 24.3 Å². The normalized spacial score (nSPS) is 17.2. The van der Waals surface area contributed by atoms with Crippen molar-refractivity contribution >= 4 is 10.8 Å². The van der Waals surface area contributed by atoms with Crippen molar-refractivity contribution in [2.45, 2.75) is 44.9 Å². The van der Waals surface area contributed by atoms with E-state index in [2.05, 4.69) is 31.0 Å². The molecule has 0 amide bonds. The van der Waals surface area contributed by atoms with Gasteiger partial charge in [-0.1, -0.05) is 45.0 Å². The molecule has 1 aliphatic heterocycles. The van der Waals surface area contributed by atoms with Gasteiger partial charge < -0.3 is 10.2 Å². The van der Waals surface area contributed by atoms with Crippen molar-refractivity contribution in [1.29, 1.82) is 0 Å². The summed E-state index contributed by atoms with van der Waals surface area (Å²) in [5.41, 5.74) is 1.86. The summed E-state index contributed by atoms with van der Waals surface area (Å²) in [5, 5.41) is 3.27. The molecule has 1 saturated heterocycles. The Labute approximate surface area is 187 Å². The highest BCUT2D eigenvalue weighted by atomic mass is 32.2. The highest BCUT2D eigenvalue weighted by molar-refractivity contribution is 7.85. The van der Waals surface area contributed by atoms with Gasteiger partial charge in [-0.2, -0.15) is 0 Å². The van der Waals surface area contributed by atoms with Crippen LogP contribution in [-0.4, -0.2) is 47.1 Å². The lowest BCUT2D eigenvalue weighted by Gasteiger charge is -2.34. The summed E-state index contributed by atoms with van der Waals surface area (Å²) in [6.45, 7) is 10.5. The van der Waals surface area contributed by atoms with Gasteiger partial charge in [0.2, 0.25) is 0 Å². The van der Waals surface area contributed by atoms with E-state index in [1.807, 2.05) is 0 Å². The molecule has 3 nitrogen and oxygen atoms in total. The Kier molecular flexibility index (Phi) is 8.36. The van der Waals surface area contributed by atoms with Crippen molar-refractivity contribution in [3.05, 3.63) is 71.3 Å². The Balaban J connectivity index is 1.59. The Morgan fingerprint density at radius 2 is 1.45 bits per heavy atom. The summed E-state index contributed by atoms with van der Waals surface area (Å²) < 4.78 is 40.1. The number of halogens is 2. The lowest BCUT2D eigenvalue weighted by atomic mass is 9.95. The maximum absolute atomic E-state index is 13.4. The molecular weight excluding hydrogens is 414 g/mol. The topological polar surface area (TPSA) is 32.3 Å². The molecule has 0 radical (unpaired) electrons. The predicted molar refractivity (Wildman–Crippen MR) is 125 cm³/mol. The van der Waals surface area contributed by atoms with Crippen LogP contribution in [0.1, 0.15) is 50.0 Å². The molecule has 170 valence electrons. The standard InChI is InChI=1S/C25H34F2N2OS/c1-25(2,3)18-28-23-12-14-29(15-13-23)16-17-31(30)24(19-4-8-21(26)9-5-19)20-6-10-22(27)11-7-20/h4-11,23-24,28H,12-18H2,1-3H3. The van der Waals surface area contributed by atoms with Crippen LogP contribution in [0.5, 0.6) is 0 Å². The summed E-state index contributed by atoms with van der Waals surface area (Å²) in [5.74, 6) is -0.120. The van der Waals surface area contributed by atoms with Crippen molar-refractivity contribution in [2.24, 2.45) is 5.41 Å². The van der Waals surface area contributed by atoms with Gasteiger partial charge in [0.05, 0.1) is 5.25 Å². The fourth-order valence-corrected chi connectivity index (χ4v) is 5.51. The average Bonchev–Trinajstić information content (AvgIpc) is 2.74. The van der Waals surface area contributed by atoms with Crippen molar-refractivity contribution in [1.82, 2.24) is 10.2 Å². The fraction of sp³-hybridized carbons (Fsp3) is 0.520. The number of likely N-dealkylation sites (tertiary alicyclic amines) is 1. The molecule has 3 rings (SSSR count). The van der Waals surface area contributed by atoms with Crippen molar-refractivity contribution in [3.8, 4) is 0 Å². The minimum atomic E-state index is -1.20. The monoisotopic (exact) mass is 448 g/mol. The molecule has 0 saturated carbocycles. The Hall–Kier alpha value is -1.63. The minimum Gasteiger partial charge on any atom is -0.313 e. The second kappa shape index (κ2) is 10.8. The second-order valence-electron chi connectivity index (χ2n) is 9.63. The summed E-state index contributed by atoms with van der Waals surface area (Å²) >= 11 is 0. The van der Waals surface area contributed by atoms with Crippen LogP contribution in [0.15, 0.2) is 48.5 Å². The van der Waals surface area contributed by atoms with Crippen molar-refractivity contribution in [3.63, 3.8) is 0 Å². The van der Waals surface area contributed by atoms with E-state index >= 15 is 0 Å². The first kappa shape index (κ1) is 24.0. The average molecular weight is 449 g/mol.